The fourth-order valence-electron chi connectivity index (χ4n) is 3.81. The van der Waals surface area contributed by atoms with Gasteiger partial charge in [0, 0.05) is 5.92 Å². The molecule has 148 valence electrons. The quantitative estimate of drug-likeness (QED) is 0.764. The lowest BCUT2D eigenvalue weighted by Crippen LogP contribution is -2.42. The van der Waals surface area contributed by atoms with Gasteiger partial charge in [-0.1, -0.05) is 61.4 Å². The van der Waals surface area contributed by atoms with Crippen molar-refractivity contribution in [1.29, 1.82) is 0 Å². The SMILES string of the molecule is Cc1ccc2c(c1)C(COC(=O)N[C@@H](CC(C)C)C(=O)O)c1cc(C)ccc1-2. The second-order valence-corrected chi connectivity index (χ2v) is 8.00. The summed E-state index contributed by atoms with van der Waals surface area (Å²) in [4.78, 5) is 23.6. The highest BCUT2D eigenvalue weighted by atomic mass is 16.5. The standard InChI is InChI=1S/C23H27NO4/c1-13(2)9-21(22(25)26)24-23(27)28-12-20-18-10-14(3)5-7-16(18)17-8-6-15(4)11-19(17)20/h5-8,10-11,13,20-21H,9,12H2,1-4H3,(H,24,27)(H,25,26)/t21-/m0/s1. The van der Waals surface area contributed by atoms with Crippen LogP contribution in [-0.2, 0) is 9.53 Å². The van der Waals surface area contributed by atoms with E-state index in [1.807, 2.05) is 27.7 Å². The number of carbonyl (C=O) groups excluding carboxylic acids is 1. The van der Waals surface area contributed by atoms with Gasteiger partial charge in [0.25, 0.3) is 0 Å². The van der Waals surface area contributed by atoms with E-state index in [9.17, 15) is 14.7 Å². The number of carboxylic acid groups (broad SMARTS) is 1. The van der Waals surface area contributed by atoms with Crippen molar-refractivity contribution in [3.05, 3.63) is 58.7 Å². The third-order valence-corrected chi connectivity index (χ3v) is 5.13. The van der Waals surface area contributed by atoms with E-state index < -0.39 is 18.1 Å². The predicted octanol–water partition coefficient (Wildman–Crippen LogP) is 4.64. The van der Waals surface area contributed by atoms with Crippen molar-refractivity contribution < 1.29 is 19.4 Å². The number of amides is 1. The van der Waals surface area contributed by atoms with E-state index in [1.165, 1.54) is 0 Å². The lowest BCUT2D eigenvalue weighted by molar-refractivity contribution is -0.139. The predicted molar refractivity (Wildman–Crippen MR) is 109 cm³/mol. The van der Waals surface area contributed by atoms with Gasteiger partial charge in [-0.25, -0.2) is 9.59 Å². The Labute approximate surface area is 165 Å². The maximum absolute atomic E-state index is 12.3. The van der Waals surface area contributed by atoms with Gasteiger partial charge in [0.1, 0.15) is 12.6 Å². The Bertz CT molecular complexity index is 852. The van der Waals surface area contributed by atoms with Crippen molar-refractivity contribution in [2.45, 2.75) is 46.1 Å². The van der Waals surface area contributed by atoms with Crippen molar-refractivity contribution in [3.63, 3.8) is 0 Å². The summed E-state index contributed by atoms with van der Waals surface area (Å²) in [5.74, 6) is -0.946. The fraction of sp³-hybridized carbons (Fsp3) is 0.391. The summed E-state index contributed by atoms with van der Waals surface area (Å²) in [5, 5.41) is 11.8. The van der Waals surface area contributed by atoms with Crippen molar-refractivity contribution in [3.8, 4) is 11.1 Å². The van der Waals surface area contributed by atoms with Crippen LogP contribution >= 0.6 is 0 Å². The van der Waals surface area contributed by atoms with E-state index in [2.05, 4.69) is 41.7 Å². The van der Waals surface area contributed by atoms with Crippen molar-refractivity contribution in [1.82, 2.24) is 5.32 Å². The Morgan fingerprint density at radius 2 is 1.57 bits per heavy atom. The second-order valence-electron chi connectivity index (χ2n) is 8.00. The minimum Gasteiger partial charge on any atom is -0.480 e. The van der Waals surface area contributed by atoms with Gasteiger partial charge in [-0.15, -0.1) is 0 Å². The molecule has 1 amide bonds. The van der Waals surface area contributed by atoms with Crippen LogP contribution in [0.25, 0.3) is 11.1 Å². The number of aryl methyl sites for hydroxylation is 2. The third kappa shape index (κ3) is 4.19. The molecule has 0 fully saturated rings. The van der Waals surface area contributed by atoms with Gasteiger partial charge in [0.2, 0.25) is 0 Å². The van der Waals surface area contributed by atoms with E-state index in [-0.39, 0.29) is 18.4 Å². The molecule has 28 heavy (non-hydrogen) atoms. The van der Waals surface area contributed by atoms with E-state index in [0.717, 1.165) is 33.4 Å². The maximum atomic E-state index is 12.3. The molecule has 0 aliphatic heterocycles. The Balaban J connectivity index is 1.77. The monoisotopic (exact) mass is 381 g/mol. The molecule has 1 atom stereocenters. The highest BCUT2D eigenvalue weighted by molar-refractivity contribution is 5.81. The minimum absolute atomic E-state index is 0.0519. The number of alkyl carbamates (subject to hydrolysis) is 1. The summed E-state index contributed by atoms with van der Waals surface area (Å²) in [5.41, 5.74) is 6.92. The molecule has 0 spiro atoms. The van der Waals surface area contributed by atoms with Crippen molar-refractivity contribution >= 4 is 12.1 Å². The zero-order valence-corrected chi connectivity index (χ0v) is 16.8. The average Bonchev–Trinajstić information content (AvgIpc) is 2.90. The summed E-state index contributed by atoms with van der Waals surface area (Å²) < 4.78 is 5.47. The molecular formula is C23H27NO4. The van der Waals surface area contributed by atoms with Gasteiger partial charge in [0.05, 0.1) is 0 Å². The van der Waals surface area contributed by atoms with Crippen LogP contribution in [0, 0.1) is 19.8 Å². The molecule has 5 heteroatoms. The van der Waals surface area contributed by atoms with Gasteiger partial charge in [0.15, 0.2) is 0 Å². The molecule has 5 nitrogen and oxygen atoms in total. The molecule has 0 unspecified atom stereocenters. The number of benzene rings is 2. The van der Waals surface area contributed by atoms with Crippen LogP contribution in [0.4, 0.5) is 4.79 Å². The fourth-order valence-corrected chi connectivity index (χ4v) is 3.81. The third-order valence-electron chi connectivity index (χ3n) is 5.13. The molecule has 0 aromatic heterocycles. The van der Waals surface area contributed by atoms with Crippen LogP contribution in [0.3, 0.4) is 0 Å². The molecule has 0 radical (unpaired) electrons. The van der Waals surface area contributed by atoms with Gasteiger partial charge >= 0.3 is 12.1 Å². The molecule has 0 saturated heterocycles. The summed E-state index contributed by atoms with van der Waals surface area (Å²) in [7, 11) is 0. The van der Waals surface area contributed by atoms with Gasteiger partial charge in [-0.05, 0) is 48.4 Å². The highest BCUT2D eigenvalue weighted by Gasteiger charge is 2.30. The van der Waals surface area contributed by atoms with Crippen LogP contribution in [0.5, 0.6) is 0 Å². The van der Waals surface area contributed by atoms with E-state index in [1.54, 1.807) is 0 Å². The molecule has 2 N–H and O–H groups in total. The highest BCUT2D eigenvalue weighted by Crippen LogP contribution is 2.45. The molecular weight excluding hydrogens is 354 g/mol. The van der Waals surface area contributed by atoms with Crippen LogP contribution in [-0.4, -0.2) is 29.8 Å². The van der Waals surface area contributed by atoms with Crippen LogP contribution in [0.1, 0.15) is 48.4 Å². The molecule has 2 aromatic rings. The largest absolute Gasteiger partial charge is 0.480 e. The molecule has 3 rings (SSSR count). The topological polar surface area (TPSA) is 75.6 Å². The molecule has 1 aliphatic carbocycles. The Morgan fingerprint density at radius 1 is 1.04 bits per heavy atom. The number of rotatable bonds is 6. The van der Waals surface area contributed by atoms with Crippen molar-refractivity contribution in [2.24, 2.45) is 5.92 Å². The molecule has 0 saturated carbocycles. The summed E-state index contributed by atoms with van der Waals surface area (Å²) in [6.45, 7) is 8.10. The second kappa shape index (κ2) is 8.05. The first-order chi connectivity index (χ1) is 13.3. The van der Waals surface area contributed by atoms with E-state index in [0.29, 0.717) is 6.42 Å². The molecule has 1 aliphatic rings. The number of hydrogen-bond donors (Lipinski definition) is 2. The Kier molecular flexibility index (Phi) is 5.73. The van der Waals surface area contributed by atoms with Gasteiger partial charge in [-0.2, -0.15) is 0 Å². The number of fused-ring (bicyclic) bond motifs is 3. The normalized spacial score (nSPS) is 13.8. The maximum Gasteiger partial charge on any atom is 0.407 e. The minimum atomic E-state index is -1.05. The van der Waals surface area contributed by atoms with E-state index >= 15 is 0 Å². The summed E-state index contributed by atoms with van der Waals surface area (Å²) >= 11 is 0. The average molecular weight is 381 g/mol. The van der Waals surface area contributed by atoms with Crippen molar-refractivity contribution in [2.75, 3.05) is 6.61 Å². The lowest BCUT2D eigenvalue weighted by atomic mass is 9.96. The van der Waals surface area contributed by atoms with Crippen LogP contribution in [0.15, 0.2) is 36.4 Å². The zero-order chi connectivity index (χ0) is 20.4. The Hall–Kier alpha value is -2.82. The van der Waals surface area contributed by atoms with E-state index in [4.69, 9.17) is 4.74 Å². The number of aliphatic carboxylic acids is 1. The molecule has 2 aromatic carbocycles. The number of ether oxygens (including phenoxy) is 1. The van der Waals surface area contributed by atoms with Crippen LogP contribution < -0.4 is 5.32 Å². The number of carbonyl (C=O) groups is 2. The first kappa shape index (κ1) is 19.9. The summed E-state index contributed by atoms with van der Waals surface area (Å²) in [6.07, 6.45) is -0.332. The van der Waals surface area contributed by atoms with Gasteiger partial charge in [-0.3, -0.25) is 0 Å². The number of carboxylic acids is 1. The smallest absolute Gasteiger partial charge is 0.407 e. The first-order valence-corrected chi connectivity index (χ1v) is 9.63. The molecule has 0 heterocycles. The summed E-state index contributed by atoms with van der Waals surface area (Å²) in [6, 6.07) is 11.7. The lowest BCUT2D eigenvalue weighted by Gasteiger charge is -2.18. The van der Waals surface area contributed by atoms with Gasteiger partial charge < -0.3 is 15.2 Å². The van der Waals surface area contributed by atoms with Crippen LogP contribution in [0.2, 0.25) is 0 Å². The first-order valence-electron chi connectivity index (χ1n) is 9.63. The number of hydrogen-bond acceptors (Lipinski definition) is 3. The zero-order valence-electron chi connectivity index (χ0n) is 16.8. The Morgan fingerprint density at radius 3 is 2.04 bits per heavy atom. The number of nitrogens with one attached hydrogen (secondary N) is 1. The molecule has 0 bridgehead atoms.